The fourth-order valence-corrected chi connectivity index (χ4v) is 1.06. The zero-order chi connectivity index (χ0) is 13.1. The summed E-state index contributed by atoms with van der Waals surface area (Å²) in [4.78, 5) is 15.6. The van der Waals surface area contributed by atoms with Gasteiger partial charge in [0.25, 0.3) is 0 Å². The minimum Gasteiger partial charge on any atom is -0.357 e. The molecule has 106 valence electrons. The van der Waals surface area contributed by atoms with Crippen LogP contribution in [-0.4, -0.2) is 38.0 Å². The molecule has 0 aliphatic rings. The lowest BCUT2D eigenvalue weighted by atomic mass is 10.2. The fourth-order valence-electron chi connectivity index (χ4n) is 1.06. The first-order chi connectivity index (χ1) is 8.11. The van der Waals surface area contributed by atoms with Gasteiger partial charge in [0.1, 0.15) is 0 Å². The molecule has 0 fully saturated rings. The van der Waals surface area contributed by atoms with E-state index < -0.39 is 0 Å². The quantitative estimate of drug-likeness (QED) is 0.207. The van der Waals surface area contributed by atoms with Gasteiger partial charge in [-0.2, -0.15) is 0 Å². The summed E-state index contributed by atoms with van der Waals surface area (Å²) < 4.78 is 0. The van der Waals surface area contributed by atoms with Gasteiger partial charge in [-0.25, -0.2) is 0 Å². The van der Waals surface area contributed by atoms with Crippen LogP contribution in [0.25, 0.3) is 0 Å². The summed E-state index contributed by atoms with van der Waals surface area (Å²) >= 11 is 0. The number of hydrogen-bond acceptors (Lipinski definition) is 2. The number of nitrogens with one attached hydrogen (secondary N) is 3. The summed E-state index contributed by atoms with van der Waals surface area (Å²) in [7, 11) is 0. The number of nitrogens with zero attached hydrogens (tertiary/aromatic N) is 1. The lowest BCUT2D eigenvalue weighted by molar-refractivity contribution is -0.123. The first kappa shape index (κ1) is 19.5. The SMILES string of the molecule is C=CCNC(=NCCNC(=O)C(C)C)NCC.I. The average molecular weight is 368 g/mol. The summed E-state index contributed by atoms with van der Waals surface area (Å²) in [6.07, 6.45) is 1.77. The van der Waals surface area contributed by atoms with Gasteiger partial charge in [-0.3, -0.25) is 9.79 Å². The van der Waals surface area contributed by atoms with Gasteiger partial charge in [0.05, 0.1) is 6.54 Å². The summed E-state index contributed by atoms with van der Waals surface area (Å²) in [5, 5.41) is 9.01. The van der Waals surface area contributed by atoms with Gasteiger partial charge in [0.15, 0.2) is 5.96 Å². The molecule has 0 aliphatic heterocycles. The van der Waals surface area contributed by atoms with Crippen LogP contribution in [0.1, 0.15) is 20.8 Å². The number of carbonyl (C=O) groups is 1. The molecule has 0 atom stereocenters. The molecule has 0 aromatic carbocycles. The molecule has 0 aromatic rings. The van der Waals surface area contributed by atoms with E-state index in [4.69, 9.17) is 0 Å². The number of rotatable bonds is 7. The van der Waals surface area contributed by atoms with E-state index in [0.717, 1.165) is 12.5 Å². The highest BCUT2D eigenvalue weighted by Crippen LogP contribution is 1.89. The van der Waals surface area contributed by atoms with Crippen LogP contribution in [0.4, 0.5) is 0 Å². The molecule has 0 saturated carbocycles. The first-order valence-electron chi connectivity index (χ1n) is 6.02. The average Bonchev–Trinajstić information content (AvgIpc) is 2.30. The molecule has 0 aliphatic carbocycles. The Labute approximate surface area is 127 Å². The van der Waals surface area contributed by atoms with Crippen molar-refractivity contribution in [3.05, 3.63) is 12.7 Å². The molecule has 5 nitrogen and oxygen atoms in total. The lowest BCUT2D eigenvalue weighted by Crippen LogP contribution is -2.38. The normalized spacial score (nSPS) is 10.6. The molecule has 0 spiro atoms. The fraction of sp³-hybridized carbons (Fsp3) is 0.667. The van der Waals surface area contributed by atoms with Crippen molar-refractivity contribution in [3.63, 3.8) is 0 Å². The zero-order valence-corrected chi connectivity index (χ0v) is 13.8. The van der Waals surface area contributed by atoms with E-state index in [2.05, 4.69) is 27.5 Å². The van der Waals surface area contributed by atoms with E-state index >= 15 is 0 Å². The Bertz CT molecular complexity index is 267. The Morgan fingerprint density at radius 3 is 2.50 bits per heavy atom. The molecule has 0 heterocycles. The maximum absolute atomic E-state index is 11.3. The molecule has 6 heteroatoms. The summed E-state index contributed by atoms with van der Waals surface area (Å²) in [6.45, 7) is 12.0. The molecule has 1 amide bonds. The van der Waals surface area contributed by atoms with E-state index in [1.165, 1.54) is 0 Å². The first-order valence-corrected chi connectivity index (χ1v) is 6.02. The molecule has 0 unspecified atom stereocenters. The Balaban J connectivity index is 0. The van der Waals surface area contributed by atoms with Crippen LogP contribution in [-0.2, 0) is 4.79 Å². The van der Waals surface area contributed by atoms with Crippen LogP contribution >= 0.6 is 24.0 Å². The van der Waals surface area contributed by atoms with Crippen molar-refractivity contribution in [1.82, 2.24) is 16.0 Å². The molecule has 0 bridgehead atoms. The van der Waals surface area contributed by atoms with E-state index in [1.807, 2.05) is 20.8 Å². The van der Waals surface area contributed by atoms with Gasteiger partial charge in [0, 0.05) is 25.6 Å². The van der Waals surface area contributed by atoms with Gasteiger partial charge in [-0.15, -0.1) is 30.6 Å². The van der Waals surface area contributed by atoms with Crippen molar-refractivity contribution in [2.24, 2.45) is 10.9 Å². The largest absolute Gasteiger partial charge is 0.357 e. The van der Waals surface area contributed by atoms with Gasteiger partial charge in [-0.1, -0.05) is 19.9 Å². The third kappa shape index (κ3) is 10.4. The number of amides is 1. The molecular weight excluding hydrogens is 343 g/mol. The second-order valence-corrected chi connectivity index (χ2v) is 3.88. The smallest absolute Gasteiger partial charge is 0.222 e. The van der Waals surface area contributed by atoms with E-state index in [-0.39, 0.29) is 35.8 Å². The predicted molar refractivity (Wildman–Crippen MR) is 87.4 cm³/mol. The van der Waals surface area contributed by atoms with Crippen LogP contribution in [0.2, 0.25) is 0 Å². The maximum atomic E-state index is 11.3. The Kier molecular flexibility index (Phi) is 13.7. The number of halogens is 1. The third-order valence-electron chi connectivity index (χ3n) is 1.96. The van der Waals surface area contributed by atoms with Gasteiger partial charge < -0.3 is 16.0 Å². The van der Waals surface area contributed by atoms with Gasteiger partial charge in [0.2, 0.25) is 5.91 Å². The maximum Gasteiger partial charge on any atom is 0.222 e. The second kappa shape index (κ2) is 12.7. The van der Waals surface area contributed by atoms with Crippen LogP contribution in [0, 0.1) is 5.92 Å². The summed E-state index contributed by atoms with van der Waals surface area (Å²) in [5.74, 6) is 0.821. The van der Waals surface area contributed by atoms with Crippen LogP contribution in [0.3, 0.4) is 0 Å². The third-order valence-corrected chi connectivity index (χ3v) is 1.96. The highest BCUT2D eigenvalue weighted by molar-refractivity contribution is 14.0. The van der Waals surface area contributed by atoms with Crippen molar-refractivity contribution < 1.29 is 4.79 Å². The molecule has 0 saturated heterocycles. The van der Waals surface area contributed by atoms with E-state index in [0.29, 0.717) is 19.6 Å². The highest BCUT2D eigenvalue weighted by Gasteiger charge is 2.04. The van der Waals surface area contributed by atoms with Crippen molar-refractivity contribution >= 4 is 35.8 Å². The molecule has 0 radical (unpaired) electrons. The number of carbonyl (C=O) groups excluding carboxylic acids is 1. The Hall–Kier alpha value is -0.790. The Morgan fingerprint density at radius 1 is 1.33 bits per heavy atom. The van der Waals surface area contributed by atoms with Crippen LogP contribution in [0.5, 0.6) is 0 Å². The van der Waals surface area contributed by atoms with Gasteiger partial charge in [-0.05, 0) is 6.92 Å². The molecular formula is C12H25IN4O. The van der Waals surface area contributed by atoms with E-state index in [9.17, 15) is 4.79 Å². The van der Waals surface area contributed by atoms with Crippen molar-refractivity contribution in [2.75, 3.05) is 26.2 Å². The molecule has 0 aromatic heterocycles. The summed E-state index contributed by atoms with van der Waals surface area (Å²) in [5.41, 5.74) is 0. The lowest BCUT2D eigenvalue weighted by Gasteiger charge is -2.10. The topological polar surface area (TPSA) is 65.5 Å². The van der Waals surface area contributed by atoms with Crippen LogP contribution < -0.4 is 16.0 Å². The zero-order valence-electron chi connectivity index (χ0n) is 11.5. The second-order valence-electron chi connectivity index (χ2n) is 3.88. The Morgan fingerprint density at radius 2 is 2.00 bits per heavy atom. The van der Waals surface area contributed by atoms with Crippen molar-refractivity contribution in [1.29, 1.82) is 0 Å². The number of guanidine groups is 1. The molecule has 0 rings (SSSR count). The number of aliphatic imine (C=N–C) groups is 1. The summed E-state index contributed by atoms with van der Waals surface area (Å²) in [6, 6.07) is 0. The predicted octanol–water partition coefficient (Wildman–Crippen LogP) is 1.12. The van der Waals surface area contributed by atoms with Crippen LogP contribution in [0.15, 0.2) is 17.6 Å². The standard InChI is InChI=1S/C12H24N4O.HI/c1-5-7-15-12(13-6-2)16-9-8-14-11(17)10(3)4;/h5,10H,1,6-9H2,2-4H3,(H,14,17)(H2,13,15,16);1H. The minimum absolute atomic E-state index is 0. The molecule has 3 N–H and O–H groups in total. The minimum atomic E-state index is 0. The molecule has 18 heavy (non-hydrogen) atoms. The monoisotopic (exact) mass is 368 g/mol. The van der Waals surface area contributed by atoms with Gasteiger partial charge >= 0.3 is 0 Å². The van der Waals surface area contributed by atoms with E-state index in [1.54, 1.807) is 6.08 Å². The highest BCUT2D eigenvalue weighted by atomic mass is 127. The van der Waals surface area contributed by atoms with Crippen molar-refractivity contribution in [3.8, 4) is 0 Å². The number of hydrogen-bond donors (Lipinski definition) is 3. The van der Waals surface area contributed by atoms with Crippen molar-refractivity contribution in [2.45, 2.75) is 20.8 Å².